The fourth-order valence-electron chi connectivity index (χ4n) is 1.98. The van der Waals surface area contributed by atoms with E-state index in [1.165, 1.54) is 4.88 Å². The number of thiophene rings is 1. The summed E-state index contributed by atoms with van der Waals surface area (Å²) in [6.07, 6.45) is 1.18. The molecule has 1 atom stereocenters. The van der Waals surface area contributed by atoms with Crippen LogP contribution in [-0.2, 0) is 11.2 Å². The van der Waals surface area contributed by atoms with Crippen molar-refractivity contribution in [1.82, 2.24) is 9.97 Å². The van der Waals surface area contributed by atoms with Gasteiger partial charge in [-0.25, -0.2) is 4.98 Å². The van der Waals surface area contributed by atoms with Crippen LogP contribution in [0.3, 0.4) is 0 Å². The Hall–Kier alpha value is -1.40. The van der Waals surface area contributed by atoms with Crippen molar-refractivity contribution in [1.29, 1.82) is 0 Å². The van der Waals surface area contributed by atoms with Crippen molar-refractivity contribution < 1.29 is 4.74 Å². The van der Waals surface area contributed by atoms with Crippen LogP contribution in [0.5, 0.6) is 0 Å². The molecule has 0 spiro atoms. The summed E-state index contributed by atoms with van der Waals surface area (Å²) < 4.78 is 5.54. The van der Waals surface area contributed by atoms with Crippen molar-refractivity contribution in [2.75, 3.05) is 30.8 Å². The van der Waals surface area contributed by atoms with Gasteiger partial charge in [0.15, 0.2) is 0 Å². The van der Waals surface area contributed by atoms with E-state index in [0.717, 1.165) is 35.6 Å². The molecule has 110 valence electrons. The van der Waals surface area contributed by atoms with Crippen LogP contribution in [0.25, 0.3) is 10.2 Å². The highest BCUT2D eigenvalue weighted by Crippen LogP contribution is 2.30. The normalized spacial score (nSPS) is 12.6. The Balaban J connectivity index is 2.27. The lowest BCUT2D eigenvalue weighted by molar-refractivity contribution is 0.0855. The van der Waals surface area contributed by atoms with Gasteiger partial charge in [0.1, 0.15) is 10.6 Å². The molecule has 5 nitrogen and oxygen atoms in total. The molecule has 0 aromatic carbocycles. The van der Waals surface area contributed by atoms with Crippen LogP contribution in [0.1, 0.15) is 25.6 Å². The molecule has 1 unspecified atom stereocenters. The first-order valence-corrected chi connectivity index (χ1v) is 7.83. The molecular weight excluding hydrogens is 272 g/mol. The van der Waals surface area contributed by atoms with Gasteiger partial charge in [-0.15, -0.1) is 11.3 Å². The van der Waals surface area contributed by atoms with E-state index < -0.39 is 0 Å². The van der Waals surface area contributed by atoms with E-state index in [1.807, 2.05) is 14.0 Å². The SMILES string of the molecule is CCOC(C)CNc1nc(NC)nc2sc(CC)cc12. The molecule has 0 fully saturated rings. The van der Waals surface area contributed by atoms with Gasteiger partial charge in [-0.2, -0.15) is 4.98 Å². The summed E-state index contributed by atoms with van der Waals surface area (Å²) in [5.74, 6) is 1.52. The van der Waals surface area contributed by atoms with Crippen LogP contribution >= 0.6 is 11.3 Å². The van der Waals surface area contributed by atoms with Crippen molar-refractivity contribution in [3.05, 3.63) is 10.9 Å². The molecule has 0 bridgehead atoms. The van der Waals surface area contributed by atoms with Gasteiger partial charge in [-0.3, -0.25) is 0 Å². The van der Waals surface area contributed by atoms with Gasteiger partial charge >= 0.3 is 0 Å². The third kappa shape index (κ3) is 3.37. The second-order valence-corrected chi connectivity index (χ2v) is 5.69. The monoisotopic (exact) mass is 294 g/mol. The van der Waals surface area contributed by atoms with Gasteiger partial charge in [-0.1, -0.05) is 6.92 Å². The molecule has 2 N–H and O–H groups in total. The van der Waals surface area contributed by atoms with Gasteiger partial charge in [0.2, 0.25) is 5.95 Å². The van der Waals surface area contributed by atoms with Crippen LogP contribution in [0, 0.1) is 0 Å². The maximum Gasteiger partial charge on any atom is 0.225 e. The van der Waals surface area contributed by atoms with Crippen LogP contribution in [-0.4, -0.2) is 36.3 Å². The van der Waals surface area contributed by atoms with E-state index in [9.17, 15) is 0 Å². The van der Waals surface area contributed by atoms with Gasteiger partial charge in [0, 0.05) is 25.1 Å². The maximum absolute atomic E-state index is 5.54. The summed E-state index contributed by atoms with van der Waals surface area (Å²) in [5.41, 5.74) is 0. The molecule has 0 aliphatic rings. The minimum Gasteiger partial charge on any atom is -0.377 e. The molecule has 2 aromatic heterocycles. The average molecular weight is 294 g/mol. The summed E-state index contributed by atoms with van der Waals surface area (Å²) in [6, 6.07) is 2.17. The zero-order valence-corrected chi connectivity index (χ0v) is 13.3. The van der Waals surface area contributed by atoms with E-state index in [0.29, 0.717) is 5.95 Å². The standard InChI is InChI=1S/C14H22N4OS/c1-5-10-7-11-12(16-8-9(3)19-6-2)17-14(15-4)18-13(11)20-10/h7,9H,5-6,8H2,1-4H3,(H2,15,16,17,18). The maximum atomic E-state index is 5.54. The Bertz CT molecular complexity index is 570. The molecule has 0 saturated heterocycles. The van der Waals surface area contributed by atoms with E-state index in [4.69, 9.17) is 4.74 Å². The summed E-state index contributed by atoms with van der Waals surface area (Å²) in [4.78, 5) is 11.4. The number of hydrogen-bond donors (Lipinski definition) is 2. The minimum absolute atomic E-state index is 0.160. The Morgan fingerprint density at radius 2 is 2.15 bits per heavy atom. The van der Waals surface area contributed by atoms with Gasteiger partial charge in [0.05, 0.1) is 11.5 Å². The average Bonchev–Trinajstić information content (AvgIpc) is 2.87. The largest absolute Gasteiger partial charge is 0.377 e. The number of anilines is 2. The van der Waals surface area contributed by atoms with Crippen molar-refractivity contribution in [2.24, 2.45) is 0 Å². The summed E-state index contributed by atoms with van der Waals surface area (Å²) in [7, 11) is 1.84. The Kier molecular flexibility index (Phi) is 5.14. The van der Waals surface area contributed by atoms with Crippen molar-refractivity contribution in [2.45, 2.75) is 33.3 Å². The molecule has 0 aliphatic carbocycles. The first kappa shape index (κ1) is 15.0. The molecule has 0 radical (unpaired) electrons. The lowest BCUT2D eigenvalue weighted by Crippen LogP contribution is -2.20. The molecule has 2 aromatic rings. The minimum atomic E-state index is 0.160. The van der Waals surface area contributed by atoms with Crippen molar-refractivity contribution in [3.8, 4) is 0 Å². The second-order valence-electron chi connectivity index (χ2n) is 4.58. The van der Waals surface area contributed by atoms with E-state index in [1.54, 1.807) is 11.3 Å². The number of ether oxygens (including phenoxy) is 1. The summed E-state index contributed by atoms with van der Waals surface area (Å²) in [6.45, 7) is 7.67. The molecule has 0 aliphatic heterocycles. The predicted molar refractivity (Wildman–Crippen MR) is 85.9 cm³/mol. The smallest absolute Gasteiger partial charge is 0.225 e. The Labute approximate surface area is 123 Å². The highest BCUT2D eigenvalue weighted by molar-refractivity contribution is 7.18. The highest BCUT2D eigenvalue weighted by atomic mass is 32.1. The Morgan fingerprint density at radius 1 is 1.35 bits per heavy atom. The zero-order chi connectivity index (χ0) is 14.5. The van der Waals surface area contributed by atoms with E-state index in [-0.39, 0.29) is 6.10 Å². The lowest BCUT2D eigenvalue weighted by Gasteiger charge is -2.14. The van der Waals surface area contributed by atoms with Crippen LogP contribution in [0.15, 0.2) is 6.07 Å². The molecule has 20 heavy (non-hydrogen) atoms. The van der Waals surface area contributed by atoms with Crippen molar-refractivity contribution >= 4 is 33.3 Å². The number of fused-ring (bicyclic) bond motifs is 1. The molecule has 0 amide bonds. The molecular formula is C14H22N4OS. The first-order chi connectivity index (χ1) is 9.67. The fraction of sp³-hybridized carbons (Fsp3) is 0.571. The number of hydrogen-bond acceptors (Lipinski definition) is 6. The van der Waals surface area contributed by atoms with Crippen molar-refractivity contribution in [3.63, 3.8) is 0 Å². The zero-order valence-electron chi connectivity index (χ0n) is 12.5. The lowest BCUT2D eigenvalue weighted by atomic mass is 10.3. The summed E-state index contributed by atoms with van der Waals surface area (Å²) in [5, 5.41) is 7.48. The molecule has 6 heteroatoms. The van der Waals surface area contributed by atoms with Gasteiger partial charge < -0.3 is 15.4 Å². The third-order valence-corrected chi connectivity index (χ3v) is 4.20. The van der Waals surface area contributed by atoms with Gasteiger partial charge in [-0.05, 0) is 26.3 Å². The molecule has 0 saturated carbocycles. The summed E-state index contributed by atoms with van der Waals surface area (Å²) >= 11 is 1.72. The first-order valence-electron chi connectivity index (χ1n) is 7.01. The highest BCUT2D eigenvalue weighted by Gasteiger charge is 2.11. The second kappa shape index (κ2) is 6.85. The van der Waals surface area contributed by atoms with E-state index in [2.05, 4.69) is 40.5 Å². The quantitative estimate of drug-likeness (QED) is 0.821. The number of aryl methyl sites for hydroxylation is 1. The van der Waals surface area contributed by atoms with E-state index >= 15 is 0 Å². The molecule has 2 heterocycles. The van der Waals surface area contributed by atoms with Crippen LogP contribution in [0.2, 0.25) is 0 Å². The third-order valence-electron chi connectivity index (χ3n) is 3.02. The fourth-order valence-corrected chi connectivity index (χ4v) is 2.94. The molecule has 2 rings (SSSR count). The topological polar surface area (TPSA) is 59.1 Å². The number of nitrogens with zero attached hydrogens (tertiary/aromatic N) is 2. The number of nitrogens with one attached hydrogen (secondary N) is 2. The van der Waals surface area contributed by atoms with Crippen LogP contribution in [0.4, 0.5) is 11.8 Å². The van der Waals surface area contributed by atoms with Crippen LogP contribution < -0.4 is 10.6 Å². The predicted octanol–water partition coefficient (Wildman–Crippen LogP) is 3.13. The number of aromatic nitrogens is 2. The van der Waals surface area contributed by atoms with Gasteiger partial charge in [0.25, 0.3) is 0 Å². The number of rotatable bonds is 7. The Morgan fingerprint density at radius 3 is 2.80 bits per heavy atom.